The van der Waals surface area contributed by atoms with Gasteiger partial charge in [0.2, 0.25) is 0 Å². The quantitative estimate of drug-likeness (QED) is 0.858. The van der Waals surface area contributed by atoms with Gasteiger partial charge < -0.3 is 14.4 Å². The first-order valence-electron chi connectivity index (χ1n) is 7.92. The summed E-state index contributed by atoms with van der Waals surface area (Å²) in [5.74, 6) is 0.0986. The molecule has 0 radical (unpaired) electrons. The molecular formula is C17H23NO3. The van der Waals surface area contributed by atoms with Gasteiger partial charge in [0.05, 0.1) is 19.3 Å². The van der Waals surface area contributed by atoms with E-state index in [9.17, 15) is 4.79 Å². The van der Waals surface area contributed by atoms with E-state index in [4.69, 9.17) is 9.47 Å². The highest BCUT2D eigenvalue weighted by Gasteiger charge is 2.36. The van der Waals surface area contributed by atoms with Crippen LogP contribution in [0.25, 0.3) is 0 Å². The number of likely N-dealkylation sites (tertiary alicyclic amines) is 1. The van der Waals surface area contributed by atoms with Crippen molar-refractivity contribution < 1.29 is 14.3 Å². The lowest BCUT2D eigenvalue weighted by atomic mass is 9.99. The third-order valence-electron chi connectivity index (χ3n) is 4.38. The van der Waals surface area contributed by atoms with Crippen molar-refractivity contribution in [2.24, 2.45) is 0 Å². The maximum absolute atomic E-state index is 12.8. The average molecular weight is 289 g/mol. The number of benzene rings is 1. The normalized spacial score (nSPS) is 23.5. The molecule has 1 atom stereocenters. The SMILES string of the molecule is CCc1ccc(C(=O)N2CCCCC2C2OCCO2)cc1. The van der Waals surface area contributed by atoms with Crippen molar-refractivity contribution in [1.82, 2.24) is 4.90 Å². The molecule has 2 aliphatic rings. The predicted octanol–water partition coefficient (Wildman–Crippen LogP) is 2.62. The van der Waals surface area contributed by atoms with Crippen LogP contribution in [0.4, 0.5) is 0 Å². The molecule has 2 saturated heterocycles. The lowest BCUT2D eigenvalue weighted by Gasteiger charge is -2.38. The van der Waals surface area contributed by atoms with Gasteiger partial charge in [0.25, 0.3) is 5.91 Å². The van der Waals surface area contributed by atoms with E-state index >= 15 is 0 Å². The van der Waals surface area contributed by atoms with E-state index in [2.05, 4.69) is 6.92 Å². The molecular weight excluding hydrogens is 266 g/mol. The van der Waals surface area contributed by atoms with Gasteiger partial charge in [-0.1, -0.05) is 19.1 Å². The largest absolute Gasteiger partial charge is 0.348 e. The van der Waals surface area contributed by atoms with Gasteiger partial charge in [0.1, 0.15) is 0 Å². The van der Waals surface area contributed by atoms with Crippen LogP contribution in [0.2, 0.25) is 0 Å². The summed E-state index contributed by atoms with van der Waals surface area (Å²) >= 11 is 0. The lowest BCUT2D eigenvalue weighted by molar-refractivity contribution is -0.100. The van der Waals surface area contributed by atoms with Crippen LogP contribution in [-0.4, -0.2) is 42.9 Å². The summed E-state index contributed by atoms with van der Waals surface area (Å²) < 4.78 is 11.3. The van der Waals surface area contributed by atoms with Crippen molar-refractivity contribution in [2.75, 3.05) is 19.8 Å². The Kier molecular flexibility index (Phi) is 4.56. The first-order valence-corrected chi connectivity index (χ1v) is 7.92. The van der Waals surface area contributed by atoms with Crippen molar-refractivity contribution in [3.8, 4) is 0 Å². The number of piperidine rings is 1. The monoisotopic (exact) mass is 289 g/mol. The van der Waals surface area contributed by atoms with Crippen molar-refractivity contribution >= 4 is 5.91 Å². The third-order valence-corrected chi connectivity index (χ3v) is 4.38. The van der Waals surface area contributed by atoms with Gasteiger partial charge in [0, 0.05) is 12.1 Å². The summed E-state index contributed by atoms with van der Waals surface area (Å²) in [6.07, 6.45) is 3.90. The second kappa shape index (κ2) is 6.58. The standard InChI is InChI=1S/C17H23NO3/c1-2-13-6-8-14(9-7-13)16(19)18-10-4-3-5-15(18)17-20-11-12-21-17/h6-9,15,17H,2-5,10-12H2,1H3. The van der Waals surface area contributed by atoms with E-state index in [0.717, 1.165) is 37.8 Å². The van der Waals surface area contributed by atoms with Gasteiger partial charge in [-0.2, -0.15) is 0 Å². The van der Waals surface area contributed by atoms with Crippen molar-refractivity contribution in [2.45, 2.75) is 44.9 Å². The molecule has 2 fully saturated rings. The molecule has 114 valence electrons. The molecule has 4 heteroatoms. The molecule has 4 nitrogen and oxygen atoms in total. The highest BCUT2D eigenvalue weighted by molar-refractivity contribution is 5.94. The van der Waals surface area contributed by atoms with Crippen LogP contribution in [0.5, 0.6) is 0 Å². The van der Waals surface area contributed by atoms with E-state index in [0.29, 0.717) is 13.2 Å². The number of ether oxygens (including phenoxy) is 2. The molecule has 0 aliphatic carbocycles. The maximum Gasteiger partial charge on any atom is 0.254 e. The molecule has 0 N–H and O–H groups in total. The molecule has 0 aromatic heterocycles. The van der Waals surface area contributed by atoms with Crippen LogP contribution < -0.4 is 0 Å². The molecule has 1 aromatic rings. The van der Waals surface area contributed by atoms with Crippen molar-refractivity contribution in [1.29, 1.82) is 0 Å². The number of amides is 1. The minimum Gasteiger partial charge on any atom is -0.348 e. The molecule has 1 amide bonds. The van der Waals surface area contributed by atoms with Gasteiger partial charge in [-0.15, -0.1) is 0 Å². The minimum atomic E-state index is -0.246. The van der Waals surface area contributed by atoms with Crippen LogP contribution in [0, 0.1) is 0 Å². The fraction of sp³-hybridized carbons (Fsp3) is 0.588. The summed E-state index contributed by atoms with van der Waals surface area (Å²) in [6.45, 7) is 4.18. The van der Waals surface area contributed by atoms with Gasteiger partial charge >= 0.3 is 0 Å². The highest BCUT2D eigenvalue weighted by Crippen LogP contribution is 2.26. The number of rotatable bonds is 3. The van der Waals surface area contributed by atoms with Gasteiger partial charge in [-0.05, 0) is 43.4 Å². The molecule has 0 saturated carbocycles. The van der Waals surface area contributed by atoms with Crippen LogP contribution in [0.3, 0.4) is 0 Å². The summed E-state index contributed by atoms with van der Waals surface area (Å²) in [6, 6.07) is 8.00. The Balaban J connectivity index is 1.76. The molecule has 0 spiro atoms. The minimum absolute atomic E-state index is 0.0552. The molecule has 3 rings (SSSR count). The van der Waals surface area contributed by atoms with E-state index < -0.39 is 0 Å². The van der Waals surface area contributed by atoms with Crippen LogP contribution in [0.1, 0.15) is 42.1 Å². The van der Waals surface area contributed by atoms with E-state index in [1.165, 1.54) is 5.56 Å². The zero-order valence-corrected chi connectivity index (χ0v) is 12.6. The number of carbonyl (C=O) groups is 1. The molecule has 2 heterocycles. The Morgan fingerprint density at radius 3 is 2.57 bits per heavy atom. The second-order valence-corrected chi connectivity index (χ2v) is 5.72. The van der Waals surface area contributed by atoms with Crippen LogP contribution in [-0.2, 0) is 15.9 Å². The Bertz CT molecular complexity index is 479. The Labute approximate surface area is 126 Å². The summed E-state index contributed by atoms with van der Waals surface area (Å²) in [7, 11) is 0. The molecule has 0 bridgehead atoms. The Morgan fingerprint density at radius 2 is 1.90 bits per heavy atom. The summed E-state index contributed by atoms with van der Waals surface area (Å²) in [5.41, 5.74) is 2.02. The smallest absolute Gasteiger partial charge is 0.254 e. The van der Waals surface area contributed by atoms with Crippen molar-refractivity contribution in [3.63, 3.8) is 0 Å². The lowest BCUT2D eigenvalue weighted by Crippen LogP contribution is -2.50. The number of carbonyl (C=O) groups excluding carboxylic acids is 1. The van der Waals surface area contributed by atoms with E-state index in [-0.39, 0.29) is 18.2 Å². The number of nitrogens with zero attached hydrogens (tertiary/aromatic N) is 1. The zero-order valence-electron chi connectivity index (χ0n) is 12.6. The molecule has 21 heavy (non-hydrogen) atoms. The predicted molar refractivity (Wildman–Crippen MR) is 80.2 cm³/mol. The maximum atomic E-state index is 12.8. The first kappa shape index (κ1) is 14.5. The summed E-state index contributed by atoms with van der Waals surface area (Å²) in [4.78, 5) is 14.7. The van der Waals surface area contributed by atoms with Gasteiger partial charge in [0.15, 0.2) is 6.29 Å². The summed E-state index contributed by atoms with van der Waals surface area (Å²) in [5, 5.41) is 0. The zero-order chi connectivity index (χ0) is 14.7. The Morgan fingerprint density at radius 1 is 1.19 bits per heavy atom. The van der Waals surface area contributed by atoms with Crippen LogP contribution in [0.15, 0.2) is 24.3 Å². The fourth-order valence-corrected chi connectivity index (χ4v) is 3.14. The van der Waals surface area contributed by atoms with E-state index in [1.807, 2.05) is 29.2 Å². The highest BCUT2D eigenvalue weighted by atomic mass is 16.7. The second-order valence-electron chi connectivity index (χ2n) is 5.72. The molecule has 1 unspecified atom stereocenters. The van der Waals surface area contributed by atoms with Crippen LogP contribution >= 0.6 is 0 Å². The number of hydrogen-bond acceptors (Lipinski definition) is 3. The van der Waals surface area contributed by atoms with E-state index in [1.54, 1.807) is 0 Å². The first-order chi connectivity index (χ1) is 10.3. The third kappa shape index (κ3) is 3.11. The molecule has 2 aliphatic heterocycles. The van der Waals surface area contributed by atoms with Gasteiger partial charge in [-0.3, -0.25) is 4.79 Å². The average Bonchev–Trinajstić information content (AvgIpc) is 3.08. The fourth-order valence-electron chi connectivity index (χ4n) is 3.14. The molecule has 1 aromatic carbocycles. The van der Waals surface area contributed by atoms with Crippen molar-refractivity contribution in [3.05, 3.63) is 35.4 Å². The number of aryl methyl sites for hydroxylation is 1. The van der Waals surface area contributed by atoms with Gasteiger partial charge in [-0.25, -0.2) is 0 Å². The topological polar surface area (TPSA) is 38.8 Å². The Hall–Kier alpha value is -1.39. The number of hydrogen-bond donors (Lipinski definition) is 0.